The molecule has 9 heteroatoms. The molecular formula is C20H20N4O5. The Labute approximate surface area is 165 Å². The minimum absolute atomic E-state index is 0.0560. The average molecular weight is 396 g/mol. The number of hydrogen-bond acceptors (Lipinski definition) is 4. The third-order valence-corrected chi connectivity index (χ3v) is 4.36. The molecule has 0 aliphatic rings. The number of aryl methyl sites for hydroxylation is 1. The number of nitrogens with one attached hydrogen (secondary N) is 2. The molecule has 0 aliphatic carbocycles. The van der Waals surface area contributed by atoms with Crippen molar-refractivity contribution in [2.24, 2.45) is 7.05 Å². The number of carboxylic acid groups (broad SMARTS) is 1. The monoisotopic (exact) mass is 396 g/mol. The zero-order valence-electron chi connectivity index (χ0n) is 15.7. The Bertz CT molecular complexity index is 1130. The van der Waals surface area contributed by atoms with E-state index in [1.807, 2.05) is 6.07 Å². The summed E-state index contributed by atoms with van der Waals surface area (Å²) in [6.07, 6.45) is 0.184. The normalized spacial score (nSPS) is 10.7. The fraction of sp³-hybridized carbons (Fsp3) is 0.200. The number of carbonyl (C=O) groups is 3. The lowest BCUT2D eigenvalue weighted by atomic mass is 10.2. The predicted molar refractivity (Wildman–Crippen MR) is 108 cm³/mol. The number of nitrogens with zero attached hydrogens (tertiary/aromatic N) is 2. The first kappa shape index (κ1) is 19.9. The highest BCUT2D eigenvalue weighted by molar-refractivity contribution is 5.99. The number of aromatic nitrogens is 2. The Balaban J connectivity index is 1.86. The summed E-state index contributed by atoms with van der Waals surface area (Å²) >= 11 is 0. The quantitative estimate of drug-likeness (QED) is 0.591. The summed E-state index contributed by atoms with van der Waals surface area (Å²) in [7, 11) is 1.56. The number of aliphatic carboxylic acids is 1. The second-order valence-electron chi connectivity index (χ2n) is 6.47. The van der Waals surface area contributed by atoms with Gasteiger partial charge in [-0.05, 0) is 36.8 Å². The van der Waals surface area contributed by atoms with E-state index < -0.39 is 17.7 Å². The lowest BCUT2D eigenvalue weighted by molar-refractivity contribution is -0.137. The summed E-state index contributed by atoms with van der Waals surface area (Å²) in [6.45, 7) is 0. The second kappa shape index (κ2) is 8.42. The molecule has 2 aromatic carbocycles. The van der Waals surface area contributed by atoms with E-state index >= 15 is 0 Å². The number of hydrogen-bond donors (Lipinski definition) is 3. The molecule has 0 saturated carbocycles. The molecule has 0 saturated heterocycles. The molecule has 0 atom stereocenters. The van der Waals surface area contributed by atoms with E-state index in [2.05, 4.69) is 10.6 Å². The van der Waals surface area contributed by atoms with Crippen molar-refractivity contribution in [1.29, 1.82) is 0 Å². The van der Waals surface area contributed by atoms with Gasteiger partial charge in [0.15, 0.2) is 0 Å². The third kappa shape index (κ3) is 4.52. The van der Waals surface area contributed by atoms with Crippen LogP contribution in [0.2, 0.25) is 0 Å². The van der Waals surface area contributed by atoms with Crippen molar-refractivity contribution in [3.63, 3.8) is 0 Å². The topological polar surface area (TPSA) is 122 Å². The van der Waals surface area contributed by atoms with Crippen molar-refractivity contribution in [2.75, 3.05) is 10.6 Å². The molecule has 29 heavy (non-hydrogen) atoms. The van der Waals surface area contributed by atoms with Crippen molar-refractivity contribution < 1.29 is 19.5 Å². The summed E-state index contributed by atoms with van der Waals surface area (Å²) in [4.78, 5) is 47.8. The first-order valence-electron chi connectivity index (χ1n) is 8.96. The number of amides is 2. The van der Waals surface area contributed by atoms with Gasteiger partial charge in [-0.25, -0.2) is 14.2 Å². The van der Waals surface area contributed by atoms with E-state index in [0.717, 1.165) is 4.57 Å². The number of carbonyl (C=O) groups excluding carboxylic acids is 2. The Morgan fingerprint density at radius 1 is 0.931 bits per heavy atom. The van der Waals surface area contributed by atoms with Gasteiger partial charge in [-0.1, -0.05) is 18.2 Å². The van der Waals surface area contributed by atoms with Crippen LogP contribution in [0.1, 0.15) is 19.3 Å². The summed E-state index contributed by atoms with van der Waals surface area (Å²) in [5.74, 6) is -1.30. The van der Waals surface area contributed by atoms with Crippen LogP contribution < -0.4 is 16.3 Å². The van der Waals surface area contributed by atoms with Crippen LogP contribution in [0.5, 0.6) is 0 Å². The predicted octanol–water partition coefficient (Wildman–Crippen LogP) is 2.61. The number of anilines is 2. The Hall–Kier alpha value is -3.88. The van der Waals surface area contributed by atoms with Crippen LogP contribution in [-0.4, -0.2) is 32.1 Å². The first-order valence-corrected chi connectivity index (χ1v) is 8.96. The van der Waals surface area contributed by atoms with Gasteiger partial charge in [-0.3, -0.25) is 14.2 Å². The van der Waals surface area contributed by atoms with Crippen molar-refractivity contribution in [1.82, 2.24) is 9.13 Å². The lowest BCUT2D eigenvalue weighted by Crippen LogP contribution is -2.31. The highest BCUT2D eigenvalue weighted by atomic mass is 16.4. The third-order valence-electron chi connectivity index (χ3n) is 4.36. The molecule has 0 aliphatic heterocycles. The van der Waals surface area contributed by atoms with Gasteiger partial charge in [0.2, 0.25) is 5.91 Å². The van der Waals surface area contributed by atoms with Crippen molar-refractivity contribution in [3.8, 4) is 0 Å². The SMILES string of the molecule is Cn1c(=O)n(C(=O)Nc2ccccc2)c2cc(NC(=O)CCCC(=O)O)ccc21. The zero-order chi connectivity index (χ0) is 21.0. The van der Waals surface area contributed by atoms with E-state index in [9.17, 15) is 19.2 Å². The molecule has 1 aromatic heterocycles. The van der Waals surface area contributed by atoms with Crippen LogP contribution >= 0.6 is 0 Å². The molecule has 0 bridgehead atoms. The highest BCUT2D eigenvalue weighted by Gasteiger charge is 2.18. The second-order valence-corrected chi connectivity index (χ2v) is 6.47. The zero-order valence-corrected chi connectivity index (χ0v) is 15.7. The van der Waals surface area contributed by atoms with Crippen LogP contribution in [0.4, 0.5) is 16.2 Å². The highest BCUT2D eigenvalue weighted by Crippen LogP contribution is 2.19. The summed E-state index contributed by atoms with van der Waals surface area (Å²) in [6, 6.07) is 12.9. The molecule has 3 N–H and O–H groups in total. The summed E-state index contributed by atoms with van der Waals surface area (Å²) in [5.41, 5.74) is 1.31. The number of rotatable bonds is 6. The molecule has 150 valence electrons. The summed E-state index contributed by atoms with van der Waals surface area (Å²) < 4.78 is 2.35. The van der Waals surface area contributed by atoms with Crippen LogP contribution in [0, 0.1) is 0 Å². The Kier molecular flexibility index (Phi) is 5.77. The van der Waals surface area contributed by atoms with E-state index in [1.165, 1.54) is 10.6 Å². The van der Waals surface area contributed by atoms with Crippen LogP contribution in [0.15, 0.2) is 53.3 Å². The van der Waals surface area contributed by atoms with Gasteiger partial charge in [0.1, 0.15) is 0 Å². The van der Waals surface area contributed by atoms with Gasteiger partial charge in [-0.15, -0.1) is 0 Å². The van der Waals surface area contributed by atoms with Crippen LogP contribution in [0.25, 0.3) is 11.0 Å². The fourth-order valence-electron chi connectivity index (χ4n) is 2.94. The van der Waals surface area contributed by atoms with E-state index in [4.69, 9.17) is 5.11 Å². The van der Waals surface area contributed by atoms with Gasteiger partial charge in [0.05, 0.1) is 11.0 Å². The smallest absolute Gasteiger partial charge is 0.337 e. The molecule has 9 nitrogen and oxygen atoms in total. The maximum atomic E-state index is 12.7. The standard InChI is InChI=1S/C20H20N4O5/c1-23-15-11-10-14(21-17(25)8-5-9-18(26)27)12-16(15)24(20(23)29)19(28)22-13-6-3-2-4-7-13/h2-4,6-7,10-12H,5,8-9H2,1H3,(H,21,25)(H,22,28)(H,26,27). The van der Waals surface area contributed by atoms with Gasteiger partial charge in [0, 0.05) is 31.3 Å². The maximum absolute atomic E-state index is 12.7. The first-order chi connectivity index (χ1) is 13.9. The molecule has 0 fully saturated rings. The molecular weight excluding hydrogens is 376 g/mol. The van der Waals surface area contributed by atoms with Gasteiger partial charge in [-0.2, -0.15) is 0 Å². The van der Waals surface area contributed by atoms with Gasteiger partial charge >= 0.3 is 17.7 Å². The maximum Gasteiger partial charge on any atom is 0.337 e. The fourth-order valence-corrected chi connectivity index (χ4v) is 2.94. The van der Waals surface area contributed by atoms with E-state index in [-0.39, 0.29) is 25.2 Å². The van der Waals surface area contributed by atoms with E-state index in [0.29, 0.717) is 22.4 Å². The molecule has 0 unspecified atom stereocenters. The van der Waals surface area contributed by atoms with Crippen molar-refractivity contribution in [2.45, 2.75) is 19.3 Å². The Morgan fingerprint density at radius 2 is 1.66 bits per heavy atom. The number of imidazole rings is 1. The van der Waals surface area contributed by atoms with Crippen LogP contribution in [-0.2, 0) is 16.6 Å². The van der Waals surface area contributed by atoms with Crippen molar-refractivity contribution in [3.05, 3.63) is 59.0 Å². The Morgan fingerprint density at radius 3 is 2.34 bits per heavy atom. The number of carboxylic acids is 1. The number of para-hydroxylation sites is 1. The van der Waals surface area contributed by atoms with Gasteiger partial charge in [0.25, 0.3) is 0 Å². The molecule has 2 amide bonds. The largest absolute Gasteiger partial charge is 0.481 e. The van der Waals surface area contributed by atoms with Crippen LogP contribution in [0.3, 0.4) is 0 Å². The molecule has 1 heterocycles. The van der Waals surface area contributed by atoms with E-state index in [1.54, 1.807) is 43.4 Å². The molecule has 3 rings (SSSR count). The number of fused-ring (bicyclic) bond motifs is 1. The average Bonchev–Trinajstić information content (AvgIpc) is 2.92. The molecule has 3 aromatic rings. The molecule has 0 spiro atoms. The minimum atomic E-state index is -0.961. The number of benzene rings is 2. The van der Waals surface area contributed by atoms with Crippen molar-refractivity contribution >= 4 is 40.3 Å². The lowest BCUT2D eigenvalue weighted by Gasteiger charge is -2.07. The minimum Gasteiger partial charge on any atom is -0.481 e. The molecule has 0 radical (unpaired) electrons. The van der Waals surface area contributed by atoms with Gasteiger partial charge < -0.3 is 15.7 Å². The summed E-state index contributed by atoms with van der Waals surface area (Å²) in [5, 5.41) is 14.0.